The van der Waals surface area contributed by atoms with E-state index >= 15 is 0 Å². The van der Waals surface area contributed by atoms with Gasteiger partial charge in [-0.15, -0.1) is 11.3 Å². The summed E-state index contributed by atoms with van der Waals surface area (Å²) in [6.45, 7) is 2.37. The van der Waals surface area contributed by atoms with Crippen LogP contribution in [0.15, 0.2) is 0 Å². The topological polar surface area (TPSA) is 62.3 Å². The zero-order valence-electron chi connectivity index (χ0n) is 15.2. The van der Waals surface area contributed by atoms with Gasteiger partial charge in [0.15, 0.2) is 0 Å². The Bertz CT molecular complexity index is 1030. The molecule has 2 aliphatic heterocycles. The van der Waals surface area contributed by atoms with Crippen LogP contribution in [0.2, 0.25) is 0 Å². The molecule has 0 unspecified atom stereocenters. The van der Waals surface area contributed by atoms with Crippen LogP contribution in [0.3, 0.4) is 0 Å². The van der Waals surface area contributed by atoms with Crippen LogP contribution in [-0.4, -0.2) is 34.3 Å². The molecular weight excluding hydrogens is 391 g/mol. The molecule has 0 aromatic carbocycles. The predicted molar refractivity (Wildman–Crippen MR) is 98.5 cm³/mol. The van der Waals surface area contributed by atoms with E-state index in [1.54, 1.807) is 0 Å². The van der Waals surface area contributed by atoms with Gasteiger partial charge in [0.05, 0.1) is 11.3 Å². The summed E-state index contributed by atoms with van der Waals surface area (Å²) < 4.78 is 42.5. The Morgan fingerprint density at radius 2 is 2.04 bits per heavy atom. The number of aromatic nitrogens is 1. The largest absolute Gasteiger partial charge is 0.417 e. The minimum Gasteiger partial charge on any atom is -0.326 e. The first-order valence-corrected chi connectivity index (χ1v) is 10.2. The maximum absolute atomic E-state index is 14.2. The highest BCUT2D eigenvalue weighted by Crippen LogP contribution is 2.48. The Hall–Kier alpha value is -2.16. The lowest BCUT2D eigenvalue weighted by Gasteiger charge is -2.25. The Labute approximate surface area is 162 Å². The van der Waals surface area contributed by atoms with Gasteiger partial charge in [-0.25, -0.2) is 4.98 Å². The van der Waals surface area contributed by atoms with Crippen molar-refractivity contribution < 1.29 is 22.8 Å². The molecule has 1 N–H and O–H groups in total. The molecule has 0 bridgehead atoms. The number of carbonyl (C=O) groups excluding carboxylic acids is 2. The van der Waals surface area contributed by atoms with Crippen LogP contribution in [0, 0.1) is 5.92 Å². The first-order chi connectivity index (χ1) is 13.3. The maximum atomic E-state index is 14.2. The van der Waals surface area contributed by atoms with Crippen molar-refractivity contribution in [1.82, 2.24) is 9.88 Å². The Balaban J connectivity index is 1.82. The summed E-state index contributed by atoms with van der Waals surface area (Å²) in [5.41, 5.74) is -0.0603. The van der Waals surface area contributed by atoms with Gasteiger partial charge in [-0.3, -0.25) is 9.59 Å². The van der Waals surface area contributed by atoms with E-state index in [4.69, 9.17) is 0 Å². The minimum absolute atomic E-state index is 0.00903. The normalized spacial score (nSPS) is 24.6. The third kappa shape index (κ3) is 2.48. The van der Waals surface area contributed by atoms with E-state index in [9.17, 15) is 22.8 Å². The molecule has 28 heavy (non-hydrogen) atoms. The number of alkyl halides is 3. The number of hydrogen-bond donors (Lipinski definition) is 1. The van der Waals surface area contributed by atoms with Crippen LogP contribution < -0.4 is 5.32 Å². The minimum atomic E-state index is -4.59. The molecule has 1 fully saturated rings. The summed E-state index contributed by atoms with van der Waals surface area (Å²) in [5.74, 6) is -0.659. The van der Waals surface area contributed by atoms with E-state index in [1.165, 1.54) is 4.90 Å². The zero-order chi connectivity index (χ0) is 19.8. The third-order valence-electron chi connectivity index (χ3n) is 6.00. The summed E-state index contributed by atoms with van der Waals surface area (Å²) in [6, 6.07) is -0.609. The number of amides is 2. The lowest BCUT2D eigenvalue weighted by molar-refractivity contribution is -0.137. The summed E-state index contributed by atoms with van der Waals surface area (Å²) in [7, 11) is 0. The van der Waals surface area contributed by atoms with Crippen molar-refractivity contribution in [1.29, 1.82) is 0 Å². The van der Waals surface area contributed by atoms with Crippen molar-refractivity contribution >= 4 is 39.1 Å². The highest BCUT2D eigenvalue weighted by atomic mass is 32.1. The van der Waals surface area contributed by atoms with Crippen LogP contribution >= 0.6 is 11.3 Å². The van der Waals surface area contributed by atoms with E-state index < -0.39 is 23.7 Å². The van der Waals surface area contributed by atoms with Crippen LogP contribution in [0.4, 0.5) is 18.9 Å². The molecule has 5 nitrogen and oxygen atoms in total. The number of carbonyl (C=O) groups is 2. The average molecular weight is 409 g/mol. The van der Waals surface area contributed by atoms with Gasteiger partial charge in [-0.1, -0.05) is 6.92 Å². The summed E-state index contributed by atoms with van der Waals surface area (Å²) in [4.78, 5) is 32.0. The fraction of sp³-hybridized carbons (Fsp3) is 0.526. The first-order valence-electron chi connectivity index (χ1n) is 9.43. The molecule has 5 rings (SSSR count). The standard InChI is InChI=1S/C19H18F3N3O2S/c1-8-4-5-10-9(7-8)13(19(20,21)22)12-14-15(28-17(12)23-10)18(27)25-6-2-3-11(25)16(26)24-14/h8,11H,2-7H2,1H3,(H,24,26)/t8-,11+/m1/s1. The molecule has 2 aromatic heterocycles. The van der Waals surface area contributed by atoms with Gasteiger partial charge in [0.2, 0.25) is 5.91 Å². The highest BCUT2D eigenvalue weighted by molar-refractivity contribution is 7.21. The third-order valence-corrected chi connectivity index (χ3v) is 7.07. The molecular formula is C19H18F3N3O2S. The van der Waals surface area contributed by atoms with E-state index in [1.807, 2.05) is 6.92 Å². The van der Waals surface area contributed by atoms with Crippen LogP contribution in [0.5, 0.6) is 0 Å². The second kappa shape index (κ2) is 5.92. The zero-order valence-corrected chi connectivity index (χ0v) is 16.0. The van der Waals surface area contributed by atoms with Gasteiger partial charge in [0.1, 0.15) is 15.7 Å². The molecule has 0 spiro atoms. The Morgan fingerprint density at radius 3 is 2.79 bits per heavy atom. The number of anilines is 1. The Morgan fingerprint density at radius 1 is 1.25 bits per heavy atom. The van der Waals surface area contributed by atoms with Crippen LogP contribution in [0.25, 0.3) is 10.2 Å². The molecule has 2 atom stereocenters. The summed E-state index contributed by atoms with van der Waals surface area (Å²) in [5, 5.41) is 2.52. The molecule has 2 aromatic rings. The number of nitrogens with zero attached hydrogens (tertiary/aromatic N) is 2. The fourth-order valence-electron chi connectivity index (χ4n) is 4.68. The van der Waals surface area contributed by atoms with Crippen molar-refractivity contribution in [3.8, 4) is 0 Å². The molecule has 148 valence electrons. The highest BCUT2D eigenvalue weighted by Gasteiger charge is 2.44. The fourth-order valence-corrected chi connectivity index (χ4v) is 5.79. The number of fused-ring (bicyclic) bond motifs is 5. The number of nitrogens with one attached hydrogen (secondary N) is 1. The monoisotopic (exact) mass is 409 g/mol. The molecule has 9 heteroatoms. The lowest BCUT2D eigenvalue weighted by atomic mass is 9.84. The second-order valence-electron chi connectivity index (χ2n) is 7.89. The summed E-state index contributed by atoms with van der Waals surface area (Å²) in [6.07, 6.45) is -1.77. The van der Waals surface area contributed by atoms with E-state index in [-0.39, 0.29) is 38.2 Å². The first kappa shape index (κ1) is 17.9. The predicted octanol–water partition coefficient (Wildman–Crippen LogP) is 4.00. The number of rotatable bonds is 0. The molecule has 4 heterocycles. The SMILES string of the molecule is C[C@@H]1CCc2nc3sc4c(c3c(C(F)(F)F)c2C1)NC(=O)[C@@H]1CCCN1C4=O. The number of thiophene rings is 1. The number of pyridine rings is 1. The quantitative estimate of drug-likeness (QED) is 0.716. The second-order valence-corrected chi connectivity index (χ2v) is 8.89. The van der Waals surface area contributed by atoms with E-state index in [0.29, 0.717) is 37.9 Å². The van der Waals surface area contributed by atoms with Crippen molar-refractivity contribution in [2.45, 2.75) is 51.2 Å². The van der Waals surface area contributed by atoms with E-state index in [0.717, 1.165) is 17.8 Å². The van der Waals surface area contributed by atoms with Gasteiger partial charge in [0, 0.05) is 17.6 Å². The molecule has 3 aliphatic rings. The van der Waals surface area contributed by atoms with Crippen LogP contribution in [0.1, 0.15) is 52.7 Å². The number of hydrogen-bond acceptors (Lipinski definition) is 4. The van der Waals surface area contributed by atoms with Gasteiger partial charge >= 0.3 is 6.18 Å². The van der Waals surface area contributed by atoms with Gasteiger partial charge < -0.3 is 10.2 Å². The number of halogens is 3. The van der Waals surface area contributed by atoms with Crippen molar-refractivity contribution in [2.24, 2.45) is 5.92 Å². The number of aryl methyl sites for hydroxylation is 1. The van der Waals surface area contributed by atoms with Crippen molar-refractivity contribution in [2.75, 3.05) is 11.9 Å². The summed E-state index contributed by atoms with van der Waals surface area (Å²) >= 11 is 0.959. The average Bonchev–Trinajstić information content (AvgIpc) is 3.21. The molecule has 2 amide bonds. The molecule has 1 saturated heterocycles. The van der Waals surface area contributed by atoms with Gasteiger partial charge in [-0.05, 0) is 43.6 Å². The van der Waals surface area contributed by atoms with Crippen LogP contribution in [-0.2, 0) is 23.8 Å². The smallest absolute Gasteiger partial charge is 0.326 e. The lowest BCUT2D eigenvalue weighted by Crippen LogP contribution is -2.40. The molecule has 1 aliphatic carbocycles. The van der Waals surface area contributed by atoms with Gasteiger partial charge in [0.25, 0.3) is 5.91 Å². The molecule has 0 saturated carbocycles. The Kier molecular flexibility index (Phi) is 3.78. The maximum Gasteiger partial charge on any atom is 0.417 e. The van der Waals surface area contributed by atoms with Gasteiger partial charge in [-0.2, -0.15) is 13.2 Å². The van der Waals surface area contributed by atoms with Crippen molar-refractivity contribution in [3.63, 3.8) is 0 Å². The van der Waals surface area contributed by atoms with E-state index in [2.05, 4.69) is 10.3 Å². The molecule has 0 radical (unpaired) electrons. The van der Waals surface area contributed by atoms with Crippen molar-refractivity contribution in [3.05, 3.63) is 21.7 Å².